The highest BCUT2D eigenvalue weighted by molar-refractivity contribution is 7.98. The molecule has 1 aliphatic rings. The minimum Gasteiger partial charge on any atom is -0.313 e. The van der Waals surface area contributed by atoms with Crippen LogP contribution < -0.4 is 5.32 Å². The zero-order valence-electron chi connectivity index (χ0n) is 8.18. The number of hydrogen-bond acceptors (Lipinski definition) is 3. The lowest BCUT2D eigenvalue weighted by atomic mass is 10.3. The van der Waals surface area contributed by atoms with Gasteiger partial charge in [-0.15, -0.1) is 0 Å². The molecule has 12 heavy (non-hydrogen) atoms. The van der Waals surface area contributed by atoms with E-state index in [0.29, 0.717) is 0 Å². The Morgan fingerprint density at radius 2 is 2.42 bits per heavy atom. The van der Waals surface area contributed by atoms with E-state index in [4.69, 9.17) is 0 Å². The van der Waals surface area contributed by atoms with Crippen molar-refractivity contribution < 1.29 is 0 Å². The first-order valence-corrected chi connectivity index (χ1v) is 6.21. The van der Waals surface area contributed by atoms with Crippen LogP contribution in [0.25, 0.3) is 0 Å². The van der Waals surface area contributed by atoms with Gasteiger partial charge in [-0.25, -0.2) is 0 Å². The predicted molar refractivity (Wildman–Crippen MR) is 56.9 cm³/mol. The van der Waals surface area contributed by atoms with Crippen LogP contribution in [0.2, 0.25) is 0 Å². The molecule has 72 valence electrons. The number of likely N-dealkylation sites (N-methyl/N-ethyl adjacent to an activating group) is 1. The monoisotopic (exact) mass is 188 g/mol. The molecular weight excluding hydrogens is 168 g/mol. The van der Waals surface area contributed by atoms with Gasteiger partial charge in [0.1, 0.15) is 0 Å². The number of hydrogen-bond donors (Lipinski definition) is 1. The van der Waals surface area contributed by atoms with Crippen molar-refractivity contribution in [2.45, 2.75) is 19.4 Å². The van der Waals surface area contributed by atoms with Crippen LogP contribution in [-0.4, -0.2) is 49.1 Å². The van der Waals surface area contributed by atoms with E-state index >= 15 is 0 Å². The van der Waals surface area contributed by atoms with Crippen LogP contribution in [0.1, 0.15) is 13.3 Å². The molecule has 1 aliphatic heterocycles. The van der Waals surface area contributed by atoms with Crippen LogP contribution in [0, 0.1) is 0 Å². The van der Waals surface area contributed by atoms with Gasteiger partial charge in [-0.3, -0.25) is 0 Å². The Hall–Kier alpha value is 0.270. The van der Waals surface area contributed by atoms with Gasteiger partial charge in [0.2, 0.25) is 0 Å². The highest BCUT2D eigenvalue weighted by Crippen LogP contribution is 2.09. The molecule has 0 aromatic rings. The molecular formula is C9H20N2S. The van der Waals surface area contributed by atoms with Crippen molar-refractivity contribution in [1.82, 2.24) is 10.2 Å². The Kier molecular flexibility index (Phi) is 5.04. The van der Waals surface area contributed by atoms with Gasteiger partial charge in [-0.2, -0.15) is 11.8 Å². The summed E-state index contributed by atoms with van der Waals surface area (Å²) in [5.41, 5.74) is 0. The maximum atomic E-state index is 3.50. The fraction of sp³-hybridized carbons (Fsp3) is 1.00. The highest BCUT2D eigenvalue weighted by atomic mass is 32.2. The van der Waals surface area contributed by atoms with Crippen LogP contribution >= 0.6 is 11.8 Å². The van der Waals surface area contributed by atoms with Gasteiger partial charge in [0.15, 0.2) is 0 Å². The van der Waals surface area contributed by atoms with Gasteiger partial charge in [-0.1, -0.05) is 6.92 Å². The fourth-order valence-electron chi connectivity index (χ4n) is 1.71. The van der Waals surface area contributed by atoms with Crippen LogP contribution in [0.15, 0.2) is 0 Å². The summed E-state index contributed by atoms with van der Waals surface area (Å²) in [6, 6.07) is 0.761. The van der Waals surface area contributed by atoms with Crippen molar-refractivity contribution in [3.8, 4) is 0 Å². The molecule has 0 saturated carbocycles. The first-order chi connectivity index (χ1) is 5.86. The minimum atomic E-state index is 0.761. The topological polar surface area (TPSA) is 15.3 Å². The molecule has 1 unspecified atom stereocenters. The molecule has 0 amide bonds. The predicted octanol–water partition coefficient (Wildman–Crippen LogP) is 1.03. The molecule has 0 spiro atoms. The van der Waals surface area contributed by atoms with Crippen molar-refractivity contribution in [3.63, 3.8) is 0 Å². The zero-order chi connectivity index (χ0) is 8.81. The van der Waals surface area contributed by atoms with Crippen molar-refractivity contribution >= 4 is 11.8 Å². The second-order valence-electron chi connectivity index (χ2n) is 3.34. The van der Waals surface area contributed by atoms with Crippen LogP contribution in [0.5, 0.6) is 0 Å². The van der Waals surface area contributed by atoms with Crippen molar-refractivity contribution in [3.05, 3.63) is 0 Å². The van der Waals surface area contributed by atoms with Gasteiger partial charge in [0, 0.05) is 24.9 Å². The van der Waals surface area contributed by atoms with Gasteiger partial charge in [0.25, 0.3) is 0 Å². The molecule has 2 nitrogen and oxygen atoms in total. The second kappa shape index (κ2) is 5.84. The van der Waals surface area contributed by atoms with Gasteiger partial charge < -0.3 is 10.2 Å². The number of likely N-dealkylation sites (tertiary alicyclic amines) is 1. The van der Waals surface area contributed by atoms with Crippen LogP contribution in [0.3, 0.4) is 0 Å². The molecule has 0 aromatic carbocycles. The summed E-state index contributed by atoms with van der Waals surface area (Å²) in [7, 11) is 0. The standard InChI is InChI=1S/C9H20N2S/c1-3-10-9-4-5-11(8-9)6-7-12-2/h9-10H,3-8H2,1-2H3. The number of nitrogens with one attached hydrogen (secondary N) is 1. The van der Waals surface area contributed by atoms with E-state index < -0.39 is 0 Å². The molecule has 0 bridgehead atoms. The Balaban J connectivity index is 2.08. The summed E-state index contributed by atoms with van der Waals surface area (Å²) in [5.74, 6) is 1.28. The van der Waals surface area contributed by atoms with Crippen molar-refractivity contribution in [2.75, 3.05) is 38.2 Å². The molecule has 3 heteroatoms. The van der Waals surface area contributed by atoms with Crippen molar-refractivity contribution in [2.24, 2.45) is 0 Å². The van der Waals surface area contributed by atoms with E-state index in [-0.39, 0.29) is 0 Å². The number of rotatable bonds is 5. The largest absolute Gasteiger partial charge is 0.313 e. The Morgan fingerprint density at radius 3 is 3.08 bits per heavy atom. The zero-order valence-corrected chi connectivity index (χ0v) is 8.99. The van der Waals surface area contributed by atoms with Crippen LogP contribution in [0.4, 0.5) is 0 Å². The molecule has 0 radical (unpaired) electrons. The lowest BCUT2D eigenvalue weighted by molar-refractivity contribution is 0.349. The fourth-order valence-corrected chi connectivity index (χ4v) is 2.15. The molecule has 0 aromatic heterocycles. The Labute approximate surface area is 80.1 Å². The quantitative estimate of drug-likeness (QED) is 0.694. The summed E-state index contributed by atoms with van der Waals surface area (Å²) in [6.45, 7) is 7.11. The van der Waals surface area contributed by atoms with E-state index in [9.17, 15) is 0 Å². The smallest absolute Gasteiger partial charge is 0.0207 e. The molecule has 1 heterocycles. The van der Waals surface area contributed by atoms with E-state index in [2.05, 4.69) is 23.4 Å². The molecule has 1 saturated heterocycles. The van der Waals surface area contributed by atoms with Gasteiger partial charge in [-0.05, 0) is 25.8 Å². The number of thioether (sulfide) groups is 1. The third-order valence-corrected chi connectivity index (χ3v) is 2.97. The van der Waals surface area contributed by atoms with Gasteiger partial charge in [0.05, 0.1) is 0 Å². The molecule has 0 aliphatic carbocycles. The van der Waals surface area contributed by atoms with Crippen molar-refractivity contribution in [1.29, 1.82) is 0 Å². The van der Waals surface area contributed by atoms with E-state index in [1.54, 1.807) is 0 Å². The summed E-state index contributed by atoms with van der Waals surface area (Å²) < 4.78 is 0. The third kappa shape index (κ3) is 3.33. The second-order valence-corrected chi connectivity index (χ2v) is 4.32. The van der Waals surface area contributed by atoms with Gasteiger partial charge >= 0.3 is 0 Å². The maximum absolute atomic E-state index is 3.50. The Morgan fingerprint density at radius 1 is 1.58 bits per heavy atom. The molecule has 1 rings (SSSR count). The lowest BCUT2D eigenvalue weighted by Crippen LogP contribution is -2.32. The highest BCUT2D eigenvalue weighted by Gasteiger charge is 2.20. The van der Waals surface area contributed by atoms with E-state index in [1.165, 1.54) is 31.8 Å². The molecule has 1 fully saturated rings. The average molecular weight is 188 g/mol. The third-order valence-electron chi connectivity index (χ3n) is 2.38. The SMILES string of the molecule is CCNC1CCN(CCSC)C1. The summed E-state index contributed by atoms with van der Waals surface area (Å²) in [4.78, 5) is 2.56. The minimum absolute atomic E-state index is 0.761. The number of nitrogens with zero attached hydrogens (tertiary/aromatic N) is 1. The van der Waals surface area contributed by atoms with E-state index in [1.807, 2.05) is 11.8 Å². The van der Waals surface area contributed by atoms with E-state index in [0.717, 1.165) is 12.6 Å². The first-order valence-electron chi connectivity index (χ1n) is 4.81. The summed E-state index contributed by atoms with van der Waals surface area (Å²) >= 11 is 1.94. The first kappa shape index (κ1) is 10.4. The summed E-state index contributed by atoms with van der Waals surface area (Å²) in [6.07, 6.45) is 3.51. The molecule has 1 atom stereocenters. The average Bonchev–Trinajstić information content (AvgIpc) is 2.50. The Bertz CT molecular complexity index is 119. The normalized spacial score (nSPS) is 25.0. The van der Waals surface area contributed by atoms with Crippen LogP contribution in [-0.2, 0) is 0 Å². The maximum Gasteiger partial charge on any atom is 0.0207 e. The lowest BCUT2D eigenvalue weighted by Gasteiger charge is -2.15. The molecule has 1 N–H and O–H groups in total. The summed E-state index contributed by atoms with van der Waals surface area (Å²) in [5, 5.41) is 3.50.